The first-order valence-corrected chi connectivity index (χ1v) is 5.79. The van der Waals surface area contributed by atoms with Gasteiger partial charge in [-0.15, -0.1) is 24.8 Å². The summed E-state index contributed by atoms with van der Waals surface area (Å²) in [6, 6.07) is 0. The SMILES string of the molecule is C1CC(c2n[nH]c3c2COCC3)CCN1.Cl.Cl. The van der Waals surface area contributed by atoms with Crippen LogP contribution in [-0.4, -0.2) is 29.9 Å². The topological polar surface area (TPSA) is 49.9 Å². The molecule has 0 saturated carbocycles. The molecule has 2 aliphatic heterocycles. The Labute approximate surface area is 114 Å². The van der Waals surface area contributed by atoms with Crippen LogP contribution >= 0.6 is 24.8 Å². The summed E-state index contributed by atoms with van der Waals surface area (Å²) in [5.74, 6) is 0.632. The Morgan fingerprint density at radius 3 is 2.71 bits per heavy atom. The molecule has 17 heavy (non-hydrogen) atoms. The van der Waals surface area contributed by atoms with Gasteiger partial charge in [-0.2, -0.15) is 5.10 Å². The molecule has 1 fully saturated rings. The van der Waals surface area contributed by atoms with Gasteiger partial charge < -0.3 is 10.1 Å². The van der Waals surface area contributed by atoms with Crippen LogP contribution in [0.3, 0.4) is 0 Å². The average Bonchev–Trinajstić information content (AvgIpc) is 2.74. The van der Waals surface area contributed by atoms with Gasteiger partial charge >= 0.3 is 0 Å². The second-order valence-corrected chi connectivity index (χ2v) is 4.39. The maximum atomic E-state index is 5.51. The van der Waals surface area contributed by atoms with Crippen LogP contribution in [0.4, 0.5) is 0 Å². The first-order valence-electron chi connectivity index (χ1n) is 5.79. The van der Waals surface area contributed by atoms with E-state index < -0.39 is 0 Å². The van der Waals surface area contributed by atoms with Crippen LogP contribution in [0, 0.1) is 0 Å². The Morgan fingerprint density at radius 2 is 1.94 bits per heavy atom. The van der Waals surface area contributed by atoms with E-state index in [9.17, 15) is 0 Å². The third-order valence-electron chi connectivity index (χ3n) is 3.45. The molecule has 3 rings (SSSR count). The molecule has 2 aliphatic rings. The Hall–Kier alpha value is -0.290. The van der Waals surface area contributed by atoms with Crippen molar-refractivity contribution in [2.24, 2.45) is 0 Å². The van der Waals surface area contributed by atoms with Crippen LogP contribution in [0.25, 0.3) is 0 Å². The van der Waals surface area contributed by atoms with Crippen LogP contribution in [0.15, 0.2) is 0 Å². The summed E-state index contributed by atoms with van der Waals surface area (Å²) in [7, 11) is 0. The Balaban J connectivity index is 0.000000722. The number of hydrogen-bond acceptors (Lipinski definition) is 3. The number of aromatic nitrogens is 2. The van der Waals surface area contributed by atoms with Crippen molar-refractivity contribution in [1.82, 2.24) is 15.5 Å². The molecule has 1 saturated heterocycles. The summed E-state index contributed by atoms with van der Waals surface area (Å²) in [6.07, 6.45) is 3.40. The molecular formula is C11H19Cl2N3O. The van der Waals surface area contributed by atoms with E-state index in [0.29, 0.717) is 5.92 Å². The van der Waals surface area contributed by atoms with Crippen molar-refractivity contribution in [3.8, 4) is 0 Å². The molecule has 1 aromatic heterocycles. The van der Waals surface area contributed by atoms with E-state index in [1.807, 2.05) is 0 Å². The second-order valence-electron chi connectivity index (χ2n) is 4.39. The molecule has 2 N–H and O–H groups in total. The van der Waals surface area contributed by atoms with Crippen molar-refractivity contribution in [3.05, 3.63) is 17.0 Å². The lowest BCUT2D eigenvalue weighted by molar-refractivity contribution is 0.109. The van der Waals surface area contributed by atoms with Gasteiger partial charge in [0.2, 0.25) is 0 Å². The van der Waals surface area contributed by atoms with Crippen LogP contribution in [0.2, 0.25) is 0 Å². The van der Waals surface area contributed by atoms with E-state index in [1.54, 1.807) is 0 Å². The Morgan fingerprint density at radius 1 is 1.18 bits per heavy atom. The highest BCUT2D eigenvalue weighted by molar-refractivity contribution is 5.85. The van der Waals surface area contributed by atoms with Crippen molar-refractivity contribution in [2.45, 2.75) is 31.8 Å². The zero-order chi connectivity index (χ0) is 10.1. The lowest BCUT2D eigenvalue weighted by atomic mass is 9.91. The molecule has 0 radical (unpaired) electrons. The molecule has 0 unspecified atom stereocenters. The molecule has 0 bridgehead atoms. The summed E-state index contributed by atoms with van der Waals surface area (Å²) in [4.78, 5) is 0. The molecule has 0 aliphatic carbocycles. The van der Waals surface area contributed by atoms with Crippen molar-refractivity contribution >= 4 is 24.8 Å². The van der Waals surface area contributed by atoms with Gasteiger partial charge in [-0.25, -0.2) is 0 Å². The van der Waals surface area contributed by atoms with Crippen LogP contribution in [-0.2, 0) is 17.8 Å². The zero-order valence-electron chi connectivity index (χ0n) is 9.70. The van der Waals surface area contributed by atoms with E-state index in [4.69, 9.17) is 4.74 Å². The number of halogens is 2. The summed E-state index contributed by atoms with van der Waals surface area (Å²) in [6.45, 7) is 3.83. The van der Waals surface area contributed by atoms with Gasteiger partial charge in [-0.3, -0.25) is 5.10 Å². The molecule has 3 heterocycles. The molecule has 0 amide bonds. The number of rotatable bonds is 1. The highest BCUT2D eigenvalue weighted by atomic mass is 35.5. The summed E-state index contributed by atoms with van der Waals surface area (Å²) in [5, 5.41) is 11.0. The maximum Gasteiger partial charge on any atom is 0.0753 e. The first kappa shape index (κ1) is 14.8. The van der Waals surface area contributed by atoms with E-state index in [2.05, 4.69) is 15.5 Å². The molecule has 6 heteroatoms. The van der Waals surface area contributed by atoms with Gasteiger partial charge in [0, 0.05) is 23.6 Å². The molecule has 1 aromatic rings. The second kappa shape index (κ2) is 6.59. The fourth-order valence-corrected chi connectivity index (χ4v) is 2.57. The highest BCUT2D eigenvalue weighted by Gasteiger charge is 2.24. The standard InChI is InChI=1S/C11H17N3O.2ClH/c1-4-12-5-2-8(1)11-9-7-15-6-3-10(9)13-14-11;;/h8,12H,1-7H2,(H,13,14);2*1H. The molecule has 4 nitrogen and oxygen atoms in total. The predicted octanol–water partition coefficient (Wildman–Crippen LogP) is 1.79. The number of nitrogens with one attached hydrogen (secondary N) is 2. The quantitative estimate of drug-likeness (QED) is 0.824. The van der Waals surface area contributed by atoms with Gasteiger partial charge in [0.25, 0.3) is 0 Å². The summed E-state index contributed by atoms with van der Waals surface area (Å²) >= 11 is 0. The van der Waals surface area contributed by atoms with Crippen molar-refractivity contribution < 1.29 is 4.74 Å². The van der Waals surface area contributed by atoms with Crippen LogP contribution in [0.5, 0.6) is 0 Å². The molecule has 0 aromatic carbocycles. The number of ether oxygens (including phenoxy) is 1. The van der Waals surface area contributed by atoms with E-state index in [-0.39, 0.29) is 24.8 Å². The largest absolute Gasteiger partial charge is 0.376 e. The van der Waals surface area contributed by atoms with Gasteiger partial charge in [0.15, 0.2) is 0 Å². The lowest BCUT2D eigenvalue weighted by Gasteiger charge is -2.23. The smallest absolute Gasteiger partial charge is 0.0753 e. The fourth-order valence-electron chi connectivity index (χ4n) is 2.57. The van der Waals surface area contributed by atoms with Gasteiger partial charge in [0.05, 0.1) is 18.9 Å². The van der Waals surface area contributed by atoms with Crippen molar-refractivity contribution in [1.29, 1.82) is 0 Å². The molecule has 0 atom stereocenters. The minimum absolute atomic E-state index is 0. The van der Waals surface area contributed by atoms with Gasteiger partial charge in [0.1, 0.15) is 0 Å². The highest BCUT2D eigenvalue weighted by Crippen LogP contribution is 2.29. The van der Waals surface area contributed by atoms with Crippen LogP contribution < -0.4 is 5.32 Å². The number of piperidine rings is 1. The molecule has 0 spiro atoms. The monoisotopic (exact) mass is 279 g/mol. The van der Waals surface area contributed by atoms with Gasteiger partial charge in [-0.05, 0) is 25.9 Å². The lowest BCUT2D eigenvalue weighted by Crippen LogP contribution is -2.27. The summed E-state index contributed by atoms with van der Waals surface area (Å²) in [5.41, 5.74) is 3.91. The minimum atomic E-state index is 0. The third-order valence-corrected chi connectivity index (χ3v) is 3.45. The predicted molar refractivity (Wildman–Crippen MR) is 71.3 cm³/mol. The van der Waals surface area contributed by atoms with Crippen molar-refractivity contribution in [2.75, 3.05) is 19.7 Å². The van der Waals surface area contributed by atoms with Crippen molar-refractivity contribution in [3.63, 3.8) is 0 Å². The zero-order valence-corrected chi connectivity index (χ0v) is 11.3. The maximum absolute atomic E-state index is 5.51. The van der Waals surface area contributed by atoms with E-state index in [1.165, 1.54) is 29.8 Å². The normalized spacial score (nSPS) is 20.0. The average molecular weight is 280 g/mol. The number of nitrogens with zero attached hydrogens (tertiary/aromatic N) is 1. The summed E-state index contributed by atoms with van der Waals surface area (Å²) < 4.78 is 5.51. The number of hydrogen-bond donors (Lipinski definition) is 2. The number of H-pyrrole nitrogens is 1. The minimum Gasteiger partial charge on any atom is -0.376 e. The fraction of sp³-hybridized carbons (Fsp3) is 0.727. The number of aromatic amines is 1. The van der Waals surface area contributed by atoms with E-state index >= 15 is 0 Å². The third kappa shape index (κ3) is 2.94. The number of fused-ring (bicyclic) bond motifs is 1. The Kier molecular flexibility index (Phi) is 5.73. The molecule has 98 valence electrons. The van der Waals surface area contributed by atoms with Gasteiger partial charge in [-0.1, -0.05) is 0 Å². The van der Waals surface area contributed by atoms with E-state index in [0.717, 1.165) is 32.7 Å². The van der Waals surface area contributed by atoms with Crippen LogP contribution in [0.1, 0.15) is 35.7 Å². The Bertz CT molecular complexity index is 350. The molecular weight excluding hydrogens is 261 g/mol. The first-order chi connectivity index (χ1) is 7.45.